The van der Waals surface area contributed by atoms with Crippen molar-refractivity contribution in [1.29, 1.82) is 0 Å². The number of ether oxygens (including phenoxy) is 1. The summed E-state index contributed by atoms with van der Waals surface area (Å²) in [7, 11) is 0. The molecule has 2 heterocycles. The van der Waals surface area contributed by atoms with Crippen molar-refractivity contribution in [3.8, 4) is 0 Å². The molecule has 0 aliphatic carbocycles. The summed E-state index contributed by atoms with van der Waals surface area (Å²) in [4.78, 5) is 40.3. The van der Waals surface area contributed by atoms with Crippen LogP contribution in [0.3, 0.4) is 0 Å². The maximum Gasteiger partial charge on any atom is 0.410 e. The van der Waals surface area contributed by atoms with Crippen LogP contribution in [-0.2, 0) is 17.7 Å². The standard InChI is InChI=1S/C10H13N3O4/c1-2-17-10(16)13-4-3-7-6(5-13)8(14)12-9(15)11-7/h2-5H2,1H3,(H2,11,12,14,15). The number of fused-ring (bicyclic) bond motifs is 1. The lowest BCUT2D eigenvalue weighted by molar-refractivity contribution is 0.102. The Labute approximate surface area is 96.4 Å². The minimum absolute atomic E-state index is 0.167. The fourth-order valence-corrected chi connectivity index (χ4v) is 1.83. The van der Waals surface area contributed by atoms with Crippen molar-refractivity contribution >= 4 is 6.09 Å². The van der Waals surface area contributed by atoms with E-state index in [4.69, 9.17) is 4.74 Å². The Morgan fingerprint density at radius 2 is 2.18 bits per heavy atom. The largest absolute Gasteiger partial charge is 0.450 e. The average Bonchev–Trinajstić information content (AvgIpc) is 2.28. The van der Waals surface area contributed by atoms with Crippen LogP contribution in [0.25, 0.3) is 0 Å². The van der Waals surface area contributed by atoms with Crippen molar-refractivity contribution in [2.75, 3.05) is 13.2 Å². The third kappa shape index (κ3) is 2.22. The molecule has 7 heteroatoms. The summed E-state index contributed by atoms with van der Waals surface area (Å²) in [6.07, 6.45) is 0.0107. The number of hydrogen-bond acceptors (Lipinski definition) is 4. The molecule has 1 aliphatic rings. The van der Waals surface area contributed by atoms with Crippen LogP contribution in [0.2, 0.25) is 0 Å². The Morgan fingerprint density at radius 3 is 2.88 bits per heavy atom. The van der Waals surface area contributed by atoms with E-state index in [1.54, 1.807) is 6.92 Å². The minimum atomic E-state index is -0.515. The molecule has 7 nitrogen and oxygen atoms in total. The van der Waals surface area contributed by atoms with Crippen molar-refractivity contribution < 1.29 is 9.53 Å². The number of carbonyl (C=O) groups excluding carboxylic acids is 1. The highest BCUT2D eigenvalue weighted by Crippen LogP contribution is 2.12. The zero-order valence-electron chi connectivity index (χ0n) is 9.41. The number of nitrogens with zero attached hydrogens (tertiary/aromatic N) is 1. The maximum absolute atomic E-state index is 11.6. The van der Waals surface area contributed by atoms with Crippen molar-refractivity contribution in [1.82, 2.24) is 14.9 Å². The molecule has 1 aromatic rings. The molecular weight excluding hydrogens is 226 g/mol. The van der Waals surface area contributed by atoms with E-state index in [1.807, 2.05) is 0 Å². The number of aromatic amines is 2. The molecule has 1 aliphatic heterocycles. The van der Waals surface area contributed by atoms with Crippen LogP contribution in [0.5, 0.6) is 0 Å². The summed E-state index contributed by atoms with van der Waals surface area (Å²) >= 11 is 0. The first-order valence-electron chi connectivity index (χ1n) is 5.38. The predicted molar refractivity (Wildman–Crippen MR) is 58.8 cm³/mol. The van der Waals surface area contributed by atoms with E-state index in [-0.39, 0.29) is 6.54 Å². The smallest absolute Gasteiger partial charge is 0.410 e. The van der Waals surface area contributed by atoms with Gasteiger partial charge >= 0.3 is 11.8 Å². The number of H-pyrrole nitrogens is 2. The Bertz CT molecular complexity index is 545. The summed E-state index contributed by atoms with van der Waals surface area (Å²) in [5.74, 6) is 0. The van der Waals surface area contributed by atoms with Gasteiger partial charge < -0.3 is 14.6 Å². The normalized spacial score (nSPS) is 14.3. The van der Waals surface area contributed by atoms with Gasteiger partial charge in [-0.25, -0.2) is 9.59 Å². The highest BCUT2D eigenvalue weighted by Gasteiger charge is 2.24. The van der Waals surface area contributed by atoms with E-state index in [0.717, 1.165) is 0 Å². The van der Waals surface area contributed by atoms with E-state index in [0.29, 0.717) is 30.8 Å². The lowest BCUT2D eigenvalue weighted by Crippen LogP contribution is -2.41. The molecule has 2 N–H and O–H groups in total. The molecule has 17 heavy (non-hydrogen) atoms. The van der Waals surface area contributed by atoms with Crippen LogP contribution in [0, 0.1) is 0 Å². The second kappa shape index (κ2) is 4.44. The fourth-order valence-electron chi connectivity index (χ4n) is 1.83. The third-order valence-electron chi connectivity index (χ3n) is 2.64. The average molecular weight is 239 g/mol. The molecular formula is C10H13N3O4. The Hall–Kier alpha value is -2.05. The van der Waals surface area contributed by atoms with Gasteiger partial charge in [0.25, 0.3) is 5.56 Å². The van der Waals surface area contributed by atoms with Crippen LogP contribution >= 0.6 is 0 Å². The summed E-state index contributed by atoms with van der Waals surface area (Å²) in [5, 5.41) is 0. The summed E-state index contributed by atoms with van der Waals surface area (Å²) in [6, 6.07) is 0. The minimum Gasteiger partial charge on any atom is -0.450 e. The number of aromatic nitrogens is 2. The van der Waals surface area contributed by atoms with Gasteiger partial charge in [0.15, 0.2) is 0 Å². The number of rotatable bonds is 1. The van der Waals surface area contributed by atoms with Gasteiger partial charge in [-0.3, -0.25) is 9.78 Å². The van der Waals surface area contributed by atoms with Gasteiger partial charge in [-0.15, -0.1) is 0 Å². The molecule has 1 aromatic heterocycles. The number of hydrogen-bond donors (Lipinski definition) is 2. The van der Waals surface area contributed by atoms with Crippen LogP contribution in [0.1, 0.15) is 18.2 Å². The van der Waals surface area contributed by atoms with Crippen LogP contribution < -0.4 is 11.2 Å². The molecule has 0 radical (unpaired) electrons. The summed E-state index contributed by atoms with van der Waals surface area (Å²) in [5.41, 5.74) is 0.0549. The molecule has 0 saturated carbocycles. The molecule has 0 unspecified atom stereocenters. The van der Waals surface area contributed by atoms with E-state index in [1.165, 1.54) is 4.90 Å². The fraction of sp³-hybridized carbons (Fsp3) is 0.500. The lowest BCUT2D eigenvalue weighted by Gasteiger charge is -2.26. The Kier molecular flexibility index (Phi) is 2.99. The number of nitrogens with one attached hydrogen (secondary N) is 2. The van der Waals surface area contributed by atoms with E-state index in [9.17, 15) is 14.4 Å². The first kappa shape index (κ1) is 11.4. The molecule has 2 rings (SSSR count). The van der Waals surface area contributed by atoms with Crippen LogP contribution in [0.15, 0.2) is 9.59 Å². The lowest BCUT2D eigenvalue weighted by atomic mass is 10.1. The quantitative estimate of drug-likeness (QED) is 0.695. The van der Waals surface area contributed by atoms with Crippen LogP contribution in [-0.4, -0.2) is 34.1 Å². The third-order valence-corrected chi connectivity index (χ3v) is 2.64. The zero-order valence-corrected chi connectivity index (χ0v) is 9.41. The van der Waals surface area contributed by atoms with Crippen molar-refractivity contribution in [3.05, 3.63) is 32.1 Å². The van der Waals surface area contributed by atoms with Gasteiger partial charge in [0.05, 0.1) is 18.7 Å². The second-order valence-corrected chi connectivity index (χ2v) is 3.74. The monoisotopic (exact) mass is 239 g/mol. The van der Waals surface area contributed by atoms with Gasteiger partial charge in [-0.1, -0.05) is 0 Å². The van der Waals surface area contributed by atoms with Gasteiger partial charge in [-0.2, -0.15) is 0 Å². The van der Waals surface area contributed by atoms with Gasteiger partial charge in [0.2, 0.25) is 0 Å². The Morgan fingerprint density at radius 1 is 1.41 bits per heavy atom. The van der Waals surface area contributed by atoms with Crippen molar-refractivity contribution in [2.45, 2.75) is 19.9 Å². The first-order valence-corrected chi connectivity index (χ1v) is 5.38. The molecule has 0 bridgehead atoms. The maximum atomic E-state index is 11.6. The summed E-state index contributed by atoms with van der Waals surface area (Å²) < 4.78 is 4.86. The molecule has 0 aromatic carbocycles. The van der Waals surface area contributed by atoms with Crippen molar-refractivity contribution in [2.24, 2.45) is 0 Å². The molecule has 0 atom stereocenters. The second-order valence-electron chi connectivity index (χ2n) is 3.74. The van der Waals surface area contributed by atoms with Gasteiger partial charge in [0.1, 0.15) is 0 Å². The number of amides is 1. The van der Waals surface area contributed by atoms with E-state index >= 15 is 0 Å². The van der Waals surface area contributed by atoms with Gasteiger partial charge in [-0.05, 0) is 6.92 Å². The molecule has 0 spiro atoms. The van der Waals surface area contributed by atoms with Gasteiger partial charge in [0, 0.05) is 18.7 Å². The van der Waals surface area contributed by atoms with E-state index < -0.39 is 17.3 Å². The summed E-state index contributed by atoms with van der Waals surface area (Å²) in [6.45, 7) is 2.62. The highest BCUT2D eigenvalue weighted by molar-refractivity contribution is 5.68. The number of carbonyl (C=O) groups is 1. The zero-order chi connectivity index (χ0) is 12.4. The molecule has 92 valence electrons. The topological polar surface area (TPSA) is 95.3 Å². The first-order chi connectivity index (χ1) is 8.11. The molecule has 1 amide bonds. The molecule has 0 fully saturated rings. The predicted octanol–water partition coefficient (Wildman–Crippen LogP) is -0.422. The van der Waals surface area contributed by atoms with Crippen molar-refractivity contribution in [3.63, 3.8) is 0 Å². The van der Waals surface area contributed by atoms with Crippen LogP contribution in [0.4, 0.5) is 4.79 Å². The van der Waals surface area contributed by atoms with E-state index in [2.05, 4.69) is 9.97 Å². The Balaban J connectivity index is 2.27. The molecule has 0 saturated heterocycles. The SMILES string of the molecule is CCOC(=O)N1CCc2[nH]c(=O)[nH]c(=O)c2C1. The highest BCUT2D eigenvalue weighted by atomic mass is 16.6.